The van der Waals surface area contributed by atoms with Gasteiger partial charge in [0.25, 0.3) is 0 Å². The van der Waals surface area contributed by atoms with Crippen LogP contribution in [0.4, 0.5) is 5.69 Å². The van der Waals surface area contributed by atoms with Crippen molar-refractivity contribution in [1.29, 1.82) is 0 Å². The molecular formula is C13H19BrN2O2. The Labute approximate surface area is 116 Å². The second-order valence-corrected chi connectivity index (χ2v) is 5.41. The van der Waals surface area contributed by atoms with Gasteiger partial charge in [0.15, 0.2) is 0 Å². The molecule has 0 fully saturated rings. The quantitative estimate of drug-likeness (QED) is 0.928. The molecule has 0 saturated carbocycles. The minimum atomic E-state index is -0.596. The maximum Gasteiger partial charge on any atom is 0.246 e. The summed E-state index contributed by atoms with van der Waals surface area (Å²) in [5.41, 5.74) is 0.220. The van der Waals surface area contributed by atoms with E-state index in [1.165, 1.54) is 0 Å². The molecule has 0 atom stereocenters. The van der Waals surface area contributed by atoms with E-state index in [0.29, 0.717) is 0 Å². The maximum atomic E-state index is 12.3. The van der Waals surface area contributed by atoms with Crippen LogP contribution >= 0.6 is 15.9 Å². The van der Waals surface area contributed by atoms with Crippen LogP contribution in [-0.2, 0) is 4.79 Å². The van der Waals surface area contributed by atoms with Gasteiger partial charge < -0.3 is 15.0 Å². The van der Waals surface area contributed by atoms with Crippen LogP contribution < -0.4 is 15.0 Å². The number of ether oxygens (including phenoxy) is 1. The molecule has 0 radical (unpaired) electrons. The summed E-state index contributed by atoms with van der Waals surface area (Å²) in [7, 11) is 5.14. The molecule has 0 heterocycles. The van der Waals surface area contributed by atoms with Crippen LogP contribution in [0.3, 0.4) is 0 Å². The van der Waals surface area contributed by atoms with Gasteiger partial charge in [-0.15, -0.1) is 0 Å². The van der Waals surface area contributed by atoms with Crippen molar-refractivity contribution >= 4 is 27.5 Å². The number of hydrogen-bond acceptors (Lipinski definition) is 3. The molecule has 0 aliphatic carbocycles. The van der Waals surface area contributed by atoms with E-state index >= 15 is 0 Å². The largest absolute Gasteiger partial charge is 0.496 e. The standard InChI is InChI=1S/C13H19BrN2O2/c1-13(2,15-3)12(17)16(4)9-6-7-11(18-5)10(14)8-9/h6-8,15H,1-5H3. The van der Waals surface area contributed by atoms with E-state index in [1.807, 2.05) is 32.0 Å². The highest BCUT2D eigenvalue weighted by Crippen LogP contribution is 2.29. The Morgan fingerprint density at radius 2 is 2.06 bits per heavy atom. The molecule has 0 aliphatic rings. The maximum absolute atomic E-state index is 12.3. The number of likely N-dealkylation sites (N-methyl/N-ethyl adjacent to an activating group) is 2. The average Bonchev–Trinajstić information content (AvgIpc) is 2.36. The van der Waals surface area contributed by atoms with Gasteiger partial charge in [0, 0.05) is 12.7 Å². The Kier molecular flexibility index (Phi) is 4.76. The number of anilines is 1. The number of methoxy groups -OCH3 is 1. The molecule has 5 heteroatoms. The van der Waals surface area contributed by atoms with E-state index in [-0.39, 0.29) is 5.91 Å². The number of nitrogens with zero attached hydrogens (tertiary/aromatic N) is 1. The zero-order valence-electron chi connectivity index (χ0n) is 11.4. The van der Waals surface area contributed by atoms with Crippen LogP contribution in [0.2, 0.25) is 0 Å². The lowest BCUT2D eigenvalue weighted by Crippen LogP contribution is -2.51. The summed E-state index contributed by atoms with van der Waals surface area (Å²) in [4.78, 5) is 13.9. The molecule has 4 nitrogen and oxygen atoms in total. The predicted octanol–water partition coefficient (Wildman–Crippen LogP) is 2.42. The third-order valence-corrected chi connectivity index (χ3v) is 3.61. The molecule has 0 aromatic heterocycles. The molecule has 18 heavy (non-hydrogen) atoms. The molecule has 1 rings (SSSR count). The van der Waals surface area contributed by atoms with E-state index in [2.05, 4.69) is 21.2 Å². The fraction of sp³-hybridized carbons (Fsp3) is 0.462. The van der Waals surface area contributed by atoms with Crippen LogP contribution in [0, 0.1) is 0 Å². The Hall–Kier alpha value is -1.07. The van der Waals surface area contributed by atoms with Crippen molar-refractivity contribution in [2.75, 3.05) is 26.1 Å². The lowest BCUT2D eigenvalue weighted by Gasteiger charge is -2.29. The molecule has 0 unspecified atom stereocenters. The molecule has 1 amide bonds. The normalized spacial score (nSPS) is 11.2. The van der Waals surface area contributed by atoms with E-state index < -0.39 is 5.54 Å². The monoisotopic (exact) mass is 314 g/mol. The SMILES string of the molecule is CNC(C)(C)C(=O)N(C)c1ccc(OC)c(Br)c1. The van der Waals surface area contributed by atoms with Gasteiger partial charge in [0.05, 0.1) is 17.1 Å². The van der Waals surface area contributed by atoms with Crippen molar-refractivity contribution < 1.29 is 9.53 Å². The molecule has 1 N–H and O–H groups in total. The number of carbonyl (C=O) groups excluding carboxylic acids is 1. The van der Waals surface area contributed by atoms with Gasteiger partial charge in [-0.1, -0.05) is 0 Å². The highest BCUT2D eigenvalue weighted by molar-refractivity contribution is 9.10. The number of halogens is 1. The van der Waals surface area contributed by atoms with Crippen molar-refractivity contribution in [3.63, 3.8) is 0 Å². The number of amides is 1. The van der Waals surface area contributed by atoms with E-state index in [0.717, 1.165) is 15.9 Å². The minimum Gasteiger partial charge on any atom is -0.496 e. The van der Waals surface area contributed by atoms with Gasteiger partial charge in [0.2, 0.25) is 5.91 Å². The molecule has 0 aliphatic heterocycles. The summed E-state index contributed by atoms with van der Waals surface area (Å²) in [6.45, 7) is 3.70. The minimum absolute atomic E-state index is 0.00191. The van der Waals surface area contributed by atoms with Gasteiger partial charge in [0.1, 0.15) is 5.75 Å². The summed E-state index contributed by atoms with van der Waals surface area (Å²) < 4.78 is 5.99. The van der Waals surface area contributed by atoms with Crippen molar-refractivity contribution in [2.24, 2.45) is 0 Å². The first-order valence-corrected chi connectivity index (χ1v) is 6.43. The third-order valence-electron chi connectivity index (χ3n) is 2.99. The zero-order valence-corrected chi connectivity index (χ0v) is 13.0. The smallest absolute Gasteiger partial charge is 0.246 e. The highest BCUT2D eigenvalue weighted by Gasteiger charge is 2.29. The van der Waals surface area contributed by atoms with Crippen molar-refractivity contribution in [3.8, 4) is 5.75 Å². The predicted molar refractivity (Wildman–Crippen MR) is 77.2 cm³/mol. The molecule has 0 saturated heterocycles. The average molecular weight is 315 g/mol. The second kappa shape index (κ2) is 5.71. The molecule has 0 bridgehead atoms. The first kappa shape index (κ1) is 15.0. The summed E-state index contributed by atoms with van der Waals surface area (Å²) in [6.07, 6.45) is 0. The number of benzene rings is 1. The van der Waals surface area contributed by atoms with Gasteiger partial charge in [-0.3, -0.25) is 4.79 Å². The van der Waals surface area contributed by atoms with Crippen molar-refractivity contribution in [3.05, 3.63) is 22.7 Å². The number of rotatable bonds is 4. The summed E-state index contributed by atoms with van der Waals surface area (Å²) >= 11 is 3.41. The fourth-order valence-electron chi connectivity index (χ4n) is 1.51. The fourth-order valence-corrected chi connectivity index (χ4v) is 2.04. The Morgan fingerprint density at radius 1 is 1.44 bits per heavy atom. The number of nitrogens with one attached hydrogen (secondary N) is 1. The first-order valence-electron chi connectivity index (χ1n) is 5.64. The van der Waals surface area contributed by atoms with E-state index in [4.69, 9.17) is 4.74 Å². The molecular weight excluding hydrogens is 296 g/mol. The first-order chi connectivity index (χ1) is 8.33. The zero-order chi connectivity index (χ0) is 13.9. The Bertz CT molecular complexity index is 447. The molecule has 100 valence electrons. The van der Waals surface area contributed by atoms with Crippen molar-refractivity contribution in [2.45, 2.75) is 19.4 Å². The van der Waals surface area contributed by atoms with E-state index in [9.17, 15) is 4.79 Å². The van der Waals surface area contributed by atoms with Gasteiger partial charge >= 0.3 is 0 Å². The van der Waals surface area contributed by atoms with Crippen LogP contribution in [0.5, 0.6) is 5.75 Å². The van der Waals surface area contributed by atoms with Crippen molar-refractivity contribution in [1.82, 2.24) is 5.32 Å². The van der Waals surface area contributed by atoms with Gasteiger partial charge in [-0.05, 0) is 55.0 Å². The van der Waals surface area contributed by atoms with Gasteiger partial charge in [-0.25, -0.2) is 0 Å². The number of hydrogen-bond donors (Lipinski definition) is 1. The third kappa shape index (κ3) is 3.03. The summed E-state index contributed by atoms with van der Waals surface area (Å²) in [5, 5.41) is 3.00. The molecule has 1 aromatic carbocycles. The van der Waals surface area contributed by atoms with Crippen LogP contribution in [0.15, 0.2) is 22.7 Å². The van der Waals surface area contributed by atoms with Crippen LogP contribution in [0.25, 0.3) is 0 Å². The molecule has 0 spiro atoms. The summed E-state index contributed by atoms with van der Waals surface area (Å²) in [5.74, 6) is 0.745. The highest BCUT2D eigenvalue weighted by atomic mass is 79.9. The second-order valence-electron chi connectivity index (χ2n) is 4.56. The molecule has 1 aromatic rings. The van der Waals surface area contributed by atoms with E-state index in [1.54, 1.807) is 26.1 Å². The van der Waals surface area contributed by atoms with Crippen LogP contribution in [-0.4, -0.2) is 32.7 Å². The van der Waals surface area contributed by atoms with Crippen LogP contribution in [0.1, 0.15) is 13.8 Å². The lowest BCUT2D eigenvalue weighted by atomic mass is 10.0. The van der Waals surface area contributed by atoms with Gasteiger partial charge in [-0.2, -0.15) is 0 Å². The Morgan fingerprint density at radius 3 is 2.50 bits per heavy atom. The number of carbonyl (C=O) groups is 1. The summed E-state index contributed by atoms with van der Waals surface area (Å²) in [6, 6.07) is 5.55. The lowest BCUT2D eigenvalue weighted by molar-refractivity contribution is -0.123. The Balaban J connectivity index is 3.01. The topological polar surface area (TPSA) is 41.6 Å².